The molecule has 0 bridgehead atoms. The molecule has 1 saturated carbocycles. The highest BCUT2D eigenvalue weighted by Gasteiger charge is 2.49. The van der Waals surface area contributed by atoms with E-state index in [0.29, 0.717) is 24.6 Å². The van der Waals surface area contributed by atoms with Crippen LogP contribution < -0.4 is 5.32 Å². The van der Waals surface area contributed by atoms with E-state index in [-0.39, 0.29) is 5.91 Å². The van der Waals surface area contributed by atoms with Gasteiger partial charge in [0.25, 0.3) is 0 Å². The van der Waals surface area contributed by atoms with Crippen LogP contribution in [0.15, 0.2) is 16.6 Å². The number of nitriles is 1. The van der Waals surface area contributed by atoms with E-state index in [1.165, 1.54) is 0 Å². The molecular formula is C13H14BrN3O. The first-order valence-corrected chi connectivity index (χ1v) is 6.62. The summed E-state index contributed by atoms with van der Waals surface area (Å²) in [6, 6.07) is 5.70. The summed E-state index contributed by atoms with van der Waals surface area (Å²) in [7, 11) is 0. The Balaban J connectivity index is 2.12. The Morgan fingerprint density at radius 2 is 2.28 bits per heavy atom. The van der Waals surface area contributed by atoms with E-state index in [9.17, 15) is 4.79 Å². The molecule has 4 nitrogen and oxygen atoms in total. The summed E-state index contributed by atoms with van der Waals surface area (Å²) in [5.74, 6) is 0.696. The maximum atomic E-state index is 12.1. The Morgan fingerprint density at radius 3 is 2.78 bits per heavy atom. The smallest absolute Gasteiger partial charge is 0.246 e. The Hall–Kier alpha value is -1.41. The largest absolute Gasteiger partial charge is 0.309 e. The van der Waals surface area contributed by atoms with Gasteiger partial charge in [-0.3, -0.25) is 4.79 Å². The number of aromatic nitrogens is 1. The van der Waals surface area contributed by atoms with Crippen molar-refractivity contribution < 1.29 is 4.79 Å². The van der Waals surface area contributed by atoms with Crippen LogP contribution in [-0.2, 0) is 4.79 Å². The van der Waals surface area contributed by atoms with E-state index in [0.717, 1.165) is 10.2 Å². The van der Waals surface area contributed by atoms with E-state index < -0.39 is 5.41 Å². The Bertz CT molecular complexity index is 530. The van der Waals surface area contributed by atoms with Crippen LogP contribution in [0.1, 0.15) is 25.5 Å². The molecule has 1 fully saturated rings. The molecule has 5 heteroatoms. The van der Waals surface area contributed by atoms with E-state index >= 15 is 0 Å². The lowest BCUT2D eigenvalue weighted by atomic mass is 9.63. The van der Waals surface area contributed by atoms with Gasteiger partial charge in [-0.2, -0.15) is 5.26 Å². The van der Waals surface area contributed by atoms with Gasteiger partial charge < -0.3 is 5.32 Å². The molecule has 1 aromatic heterocycles. The molecule has 1 amide bonds. The quantitative estimate of drug-likeness (QED) is 0.913. The van der Waals surface area contributed by atoms with Crippen LogP contribution >= 0.6 is 15.9 Å². The van der Waals surface area contributed by atoms with Crippen molar-refractivity contribution in [1.82, 2.24) is 4.98 Å². The number of anilines is 1. The van der Waals surface area contributed by atoms with Crippen LogP contribution in [-0.4, -0.2) is 10.9 Å². The first-order valence-electron chi connectivity index (χ1n) is 5.83. The van der Waals surface area contributed by atoms with Gasteiger partial charge in [0.15, 0.2) is 0 Å². The standard InChI is InChI=1S/C13H14BrN3O/c1-8-5-13(6-8,7-15)12(18)17-11-4-3-10(14)9(2)16-11/h3-4,8H,5-6H2,1-2H3,(H,16,17,18). The summed E-state index contributed by atoms with van der Waals surface area (Å²) in [4.78, 5) is 16.4. The summed E-state index contributed by atoms with van der Waals surface area (Å²) in [6.45, 7) is 3.90. The van der Waals surface area contributed by atoms with Crippen LogP contribution in [0.5, 0.6) is 0 Å². The lowest BCUT2D eigenvalue weighted by Gasteiger charge is -2.39. The molecule has 1 N–H and O–H groups in total. The van der Waals surface area contributed by atoms with Crippen molar-refractivity contribution in [2.24, 2.45) is 11.3 Å². The van der Waals surface area contributed by atoms with Gasteiger partial charge in [-0.05, 0) is 53.7 Å². The fourth-order valence-electron chi connectivity index (χ4n) is 2.31. The summed E-state index contributed by atoms with van der Waals surface area (Å²) >= 11 is 3.35. The van der Waals surface area contributed by atoms with Crippen molar-refractivity contribution in [2.75, 3.05) is 5.32 Å². The number of hydrogen-bond acceptors (Lipinski definition) is 3. The summed E-state index contributed by atoms with van der Waals surface area (Å²) in [5.41, 5.74) is -0.0528. The third-order valence-corrected chi connectivity index (χ3v) is 4.14. The van der Waals surface area contributed by atoms with Crippen LogP contribution in [0.4, 0.5) is 5.82 Å². The lowest BCUT2D eigenvalue weighted by molar-refractivity contribution is -0.128. The minimum atomic E-state index is -0.859. The molecule has 1 heterocycles. The van der Waals surface area contributed by atoms with Gasteiger partial charge in [0.05, 0.1) is 11.8 Å². The van der Waals surface area contributed by atoms with Crippen molar-refractivity contribution in [1.29, 1.82) is 5.26 Å². The molecule has 1 aliphatic rings. The molecule has 2 rings (SSSR count). The maximum absolute atomic E-state index is 12.1. The van der Waals surface area contributed by atoms with Crippen LogP contribution in [0, 0.1) is 29.6 Å². The molecule has 0 aromatic carbocycles. The van der Waals surface area contributed by atoms with Gasteiger partial charge in [0.1, 0.15) is 11.2 Å². The summed E-state index contributed by atoms with van der Waals surface area (Å²) < 4.78 is 0.896. The van der Waals surface area contributed by atoms with Gasteiger partial charge in [-0.25, -0.2) is 4.98 Å². The van der Waals surface area contributed by atoms with Crippen molar-refractivity contribution in [3.8, 4) is 6.07 Å². The molecule has 94 valence electrons. The first-order chi connectivity index (χ1) is 8.47. The number of pyridine rings is 1. The second kappa shape index (κ2) is 4.69. The average molecular weight is 308 g/mol. The van der Waals surface area contributed by atoms with Crippen molar-refractivity contribution in [3.63, 3.8) is 0 Å². The average Bonchev–Trinajstić information content (AvgIpc) is 2.29. The van der Waals surface area contributed by atoms with Gasteiger partial charge in [-0.15, -0.1) is 0 Å². The van der Waals surface area contributed by atoms with Crippen LogP contribution in [0.25, 0.3) is 0 Å². The Morgan fingerprint density at radius 1 is 1.61 bits per heavy atom. The number of amides is 1. The van der Waals surface area contributed by atoms with E-state index in [2.05, 4.69) is 32.3 Å². The van der Waals surface area contributed by atoms with E-state index in [1.807, 2.05) is 19.9 Å². The molecule has 1 aliphatic carbocycles. The number of nitrogens with one attached hydrogen (secondary N) is 1. The predicted molar refractivity (Wildman–Crippen MR) is 71.7 cm³/mol. The maximum Gasteiger partial charge on any atom is 0.246 e. The molecule has 18 heavy (non-hydrogen) atoms. The molecule has 0 aliphatic heterocycles. The number of rotatable bonds is 2. The van der Waals surface area contributed by atoms with Gasteiger partial charge in [-0.1, -0.05) is 6.92 Å². The third kappa shape index (κ3) is 2.25. The minimum Gasteiger partial charge on any atom is -0.309 e. The number of hydrogen-bond donors (Lipinski definition) is 1. The minimum absolute atomic E-state index is 0.239. The molecular weight excluding hydrogens is 294 g/mol. The molecule has 0 atom stereocenters. The zero-order valence-electron chi connectivity index (χ0n) is 10.3. The monoisotopic (exact) mass is 307 g/mol. The van der Waals surface area contributed by atoms with Gasteiger partial charge >= 0.3 is 0 Å². The normalized spacial score (nSPS) is 26.0. The number of carbonyl (C=O) groups is 1. The van der Waals surface area contributed by atoms with E-state index in [4.69, 9.17) is 5.26 Å². The molecule has 1 aromatic rings. The zero-order valence-corrected chi connectivity index (χ0v) is 11.9. The lowest BCUT2D eigenvalue weighted by Crippen LogP contribution is -2.45. The molecule has 0 radical (unpaired) electrons. The fraction of sp³-hybridized carbons (Fsp3) is 0.462. The fourth-order valence-corrected chi connectivity index (χ4v) is 2.53. The summed E-state index contributed by atoms with van der Waals surface area (Å²) in [5, 5.41) is 11.9. The highest BCUT2D eigenvalue weighted by atomic mass is 79.9. The van der Waals surface area contributed by atoms with Gasteiger partial charge in [0.2, 0.25) is 5.91 Å². The second-order valence-corrected chi connectivity index (χ2v) is 5.78. The SMILES string of the molecule is Cc1nc(NC(=O)C2(C#N)CC(C)C2)ccc1Br. The number of halogens is 1. The molecule has 0 saturated heterocycles. The Labute approximate surface area is 115 Å². The first kappa shape index (κ1) is 13.0. The molecule has 0 spiro atoms. The molecule has 0 unspecified atom stereocenters. The van der Waals surface area contributed by atoms with Crippen LogP contribution in [0.2, 0.25) is 0 Å². The van der Waals surface area contributed by atoms with Crippen molar-refractivity contribution >= 4 is 27.7 Å². The van der Waals surface area contributed by atoms with Crippen molar-refractivity contribution in [3.05, 3.63) is 22.3 Å². The number of aryl methyl sites for hydroxylation is 1. The summed E-state index contributed by atoms with van der Waals surface area (Å²) in [6.07, 6.45) is 1.26. The predicted octanol–water partition coefficient (Wildman–Crippen LogP) is 3.03. The number of nitrogens with zero attached hydrogens (tertiary/aromatic N) is 2. The van der Waals surface area contributed by atoms with Gasteiger partial charge in [0, 0.05) is 4.47 Å². The van der Waals surface area contributed by atoms with Crippen LogP contribution in [0.3, 0.4) is 0 Å². The number of carbonyl (C=O) groups excluding carboxylic acids is 1. The highest BCUT2D eigenvalue weighted by molar-refractivity contribution is 9.10. The highest BCUT2D eigenvalue weighted by Crippen LogP contribution is 2.45. The van der Waals surface area contributed by atoms with E-state index in [1.54, 1.807) is 6.07 Å². The topological polar surface area (TPSA) is 65.8 Å². The Kier molecular flexibility index (Phi) is 3.40. The van der Waals surface area contributed by atoms with Crippen molar-refractivity contribution in [2.45, 2.75) is 26.7 Å². The second-order valence-electron chi connectivity index (χ2n) is 4.93. The zero-order chi connectivity index (χ0) is 13.3. The third-order valence-electron chi connectivity index (χ3n) is 3.31.